The highest BCUT2D eigenvalue weighted by atomic mass is 16.5. The van der Waals surface area contributed by atoms with Crippen molar-refractivity contribution in [1.82, 2.24) is 9.97 Å². The Kier molecular flexibility index (Phi) is 4.23. The quantitative estimate of drug-likeness (QED) is 0.505. The minimum Gasteiger partial charge on any atom is -0.487 e. The first-order valence-electron chi connectivity index (χ1n) is 8.28. The topological polar surface area (TPSA) is 74.5 Å². The van der Waals surface area contributed by atoms with Crippen LogP contribution in [-0.2, 0) is 11.3 Å². The molecule has 2 aromatic carbocycles. The van der Waals surface area contributed by atoms with Crippen LogP contribution in [0.2, 0.25) is 0 Å². The van der Waals surface area contributed by atoms with Crippen LogP contribution in [0.4, 0.5) is 0 Å². The first-order valence-corrected chi connectivity index (χ1v) is 8.28. The molecule has 0 aliphatic rings. The molecule has 0 saturated carbocycles. The third kappa shape index (κ3) is 3.21. The lowest BCUT2D eigenvalue weighted by molar-refractivity contribution is 0.0483. The van der Waals surface area contributed by atoms with Crippen molar-refractivity contribution in [1.29, 1.82) is 0 Å². The second kappa shape index (κ2) is 6.84. The molecule has 2 heterocycles. The Balaban J connectivity index is 1.52. The molecule has 0 aliphatic heterocycles. The summed E-state index contributed by atoms with van der Waals surface area (Å²) < 4.78 is 16.1. The fourth-order valence-electron chi connectivity index (χ4n) is 2.62. The van der Waals surface area contributed by atoms with Crippen molar-refractivity contribution in [2.24, 2.45) is 0 Å². The number of hydrogen-bond donors (Lipinski definition) is 0. The van der Waals surface area contributed by atoms with Crippen molar-refractivity contribution in [3.8, 4) is 5.75 Å². The molecule has 6 heteroatoms. The Hall–Kier alpha value is -3.41. The summed E-state index contributed by atoms with van der Waals surface area (Å²) in [5, 5.41) is 1.09. The summed E-state index contributed by atoms with van der Waals surface area (Å²) in [5.41, 5.74) is 2.80. The second-order valence-electron chi connectivity index (χ2n) is 5.65. The number of fused-ring (bicyclic) bond motifs is 2. The van der Waals surface area contributed by atoms with Crippen molar-refractivity contribution in [2.75, 3.05) is 6.61 Å². The molecule has 0 saturated heterocycles. The van der Waals surface area contributed by atoms with Crippen molar-refractivity contribution in [3.63, 3.8) is 0 Å². The monoisotopic (exact) mass is 348 g/mol. The van der Waals surface area contributed by atoms with E-state index >= 15 is 0 Å². The summed E-state index contributed by atoms with van der Waals surface area (Å²) in [6, 6.07) is 17.1. The maximum atomic E-state index is 11.7. The van der Waals surface area contributed by atoms with Gasteiger partial charge in [0.1, 0.15) is 17.9 Å². The molecule has 4 rings (SSSR count). The highest BCUT2D eigenvalue weighted by Crippen LogP contribution is 2.23. The van der Waals surface area contributed by atoms with Gasteiger partial charge in [0, 0.05) is 11.5 Å². The molecule has 0 atom stereocenters. The zero-order chi connectivity index (χ0) is 17.9. The molecule has 0 N–H and O–H groups in total. The number of nitrogens with zero attached hydrogens (tertiary/aromatic N) is 2. The highest BCUT2D eigenvalue weighted by Gasteiger charge is 2.15. The van der Waals surface area contributed by atoms with E-state index in [1.165, 1.54) is 0 Å². The summed E-state index contributed by atoms with van der Waals surface area (Å²) in [5.74, 6) is -0.0271. The maximum absolute atomic E-state index is 11.7. The van der Waals surface area contributed by atoms with E-state index in [9.17, 15) is 4.79 Å². The predicted molar refractivity (Wildman–Crippen MR) is 96.0 cm³/mol. The van der Waals surface area contributed by atoms with Gasteiger partial charge in [-0.1, -0.05) is 24.3 Å². The molecule has 26 heavy (non-hydrogen) atoms. The van der Waals surface area contributed by atoms with Gasteiger partial charge in [-0.3, -0.25) is 0 Å². The van der Waals surface area contributed by atoms with Gasteiger partial charge in [-0.2, -0.15) is 0 Å². The standard InChI is InChI=1S/C20H16N2O4/c1-2-24-20(23)19-22-17-10-9-15(11-18(17)26-19)25-12-14-8-7-13-5-3-4-6-16(13)21-14/h3-11H,2,12H2,1H3. The average Bonchev–Trinajstić information content (AvgIpc) is 3.10. The van der Waals surface area contributed by atoms with Gasteiger partial charge in [-0.05, 0) is 31.2 Å². The van der Waals surface area contributed by atoms with Gasteiger partial charge in [0.15, 0.2) is 5.58 Å². The number of esters is 1. The Bertz CT molecular complexity index is 1090. The van der Waals surface area contributed by atoms with E-state index in [0.717, 1.165) is 16.6 Å². The molecule has 130 valence electrons. The van der Waals surface area contributed by atoms with E-state index in [1.54, 1.807) is 25.1 Å². The SMILES string of the molecule is CCOC(=O)c1nc2ccc(OCc3ccc4ccccc4n3)cc2o1. The first kappa shape index (κ1) is 16.1. The lowest BCUT2D eigenvalue weighted by atomic mass is 10.2. The van der Waals surface area contributed by atoms with Crippen LogP contribution < -0.4 is 4.74 Å². The summed E-state index contributed by atoms with van der Waals surface area (Å²) >= 11 is 0. The van der Waals surface area contributed by atoms with E-state index in [2.05, 4.69) is 9.97 Å². The molecular formula is C20H16N2O4. The minimum atomic E-state index is -0.577. The summed E-state index contributed by atoms with van der Waals surface area (Å²) in [4.78, 5) is 20.4. The summed E-state index contributed by atoms with van der Waals surface area (Å²) in [7, 11) is 0. The van der Waals surface area contributed by atoms with Gasteiger partial charge in [0.05, 0.1) is 17.8 Å². The second-order valence-corrected chi connectivity index (χ2v) is 5.65. The number of para-hydroxylation sites is 1. The van der Waals surface area contributed by atoms with Gasteiger partial charge in [0.2, 0.25) is 0 Å². The largest absolute Gasteiger partial charge is 0.487 e. The molecule has 0 bridgehead atoms. The first-order chi connectivity index (χ1) is 12.7. The van der Waals surface area contributed by atoms with E-state index in [4.69, 9.17) is 13.9 Å². The third-order valence-electron chi connectivity index (χ3n) is 3.85. The Morgan fingerprint density at radius 3 is 2.81 bits per heavy atom. The molecule has 6 nitrogen and oxygen atoms in total. The fraction of sp³-hybridized carbons (Fsp3) is 0.150. The summed E-state index contributed by atoms with van der Waals surface area (Å²) in [6.07, 6.45) is 0. The number of oxazole rings is 1. The average molecular weight is 348 g/mol. The van der Waals surface area contributed by atoms with E-state index in [0.29, 0.717) is 23.5 Å². The number of ether oxygens (including phenoxy) is 2. The molecule has 2 aromatic heterocycles. The number of hydrogen-bond acceptors (Lipinski definition) is 6. The van der Waals surface area contributed by atoms with Crippen LogP contribution in [0, 0.1) is 0 Å². The van der Waals surface area contributed by atoms with Gasteiger partial charge >= 0.3 is 11.9 Å². The van der Waals surface area contributed by atoms with Crippen molar-refractivity contribution >= 4 is 28.0 Å². The number of rotatable bonds is 5. The third-order valence-corrected chi connectivity index (χ3v) is 3.85. The minimum absolute atomic E-state index is 0.0600. The van der Waals surface area contributed by atoms with Crippen LogP contribution in [0.25, 0.3) is 22.0 Å². The molecule has 0 aliphatic carbocycles. The van der Waals surface area contributed by atoms with Crippen LogP contribution in [-0.4, -0.2) is 22.5 Å². The van der Waals surface area contributed by atoms with Gasteiger partial charge in [-0.15, -0.1) is 0 Å². The van der Waals surface area contributed by atoms with Crippen LogP contribution in [0.3, 0.4) is 0 Å². The maximum Gasteiger partial charge on any atom is 0.394 e. The predicted octanol–water partition coefficient (Wildman–Crippen LogP) is 4.13. The molecule has 0 amide bonds. The zero-order valence-corrected chi connectivity index (χ0v) is 14.1. The normalized spacial score (nSPS) is 11.0. The van der Waals surface area contributed by atoms with Crippen LogP contribution >= 0.6 is 0 Å². The number of benzene rings is 2. The summed E-state index contributed by atoms with van der Waals surface area (Å²) in [6.45, 7) is 2.33. The number of carbonyl (C=O) groups is 1. The number of carbonyl (C=O) groups excluding carboxylic acids is 1. The van der Waals surface area contributed by atoms with E-state index < -0.39 is 5.97 Å². The Morgan fingerprint density at radius 2 is 1.92 bits per heavy atom. The van der Waals surface area contributed by atoms with Crippen LogP contribution in [0.15, 0.2) is 59.0 Å². The lowest BCUT2D eigenvalue weighted by Crippen LogP contribution is -2.04. The van der Waals surface area contributed by atoms with Gasteiger partial charge < -0.3 is 13.9 Å². The number of aromatic nitrogens is 2. The van der Waals surface area contributed by atoms with Crippen molar-refractivity contribution in [3.05, 3.63) is 66.2 Å². The van der Waals surface area contributed by atoms with E-state index in [1.807, 2.05) is 36.4 Å². The van der Waals surface area contributed by atoms with Crippen LogP contribution in [0.1, 0.15) is 23.3 Å². The Labute approximate surface area is 149 Å². The Morgan fingerprint density at radius 1 is 1.04 bits per heavy atom. The van der Waals surface area contributed by atoms with Gasteiger partial charge in [-0.25, -0.2) is 14.8 Å². The lowest BCUT2D eigenvalue weighted by Gasteiger charge is -2.06. The van der Waals surface area contributed by atoms with Crippen LogP contribution in [0.5, 0.6) is 5.75 Å². The molecule has 0 unspecified atom stereocenters. The smallest absolute Gasteiger partial charge is 0.394 e. The van der Waals surface area contributed by atoms with Crippen molar-refractivity contribution < 1.29 is 18.7 Å². The fourth-order valence-corrected chi connectivity index (χ4v) is 2.62. The zero-order valence-electron chi connectivity index (χ0n) is 14.1. The molecule has 4 aromatic rings. The van der Waals surface area contributed by atoms with Gasteiger partial charge in [0.25, 0.3) is 0 Å². The number of pyridine rings is 1. The molecule has 0 radical (unpaired) electrons. The molecular weight excluding hydrogens is 332 g/mol. The van der Waals surface area contributed by atoms with E-state index in [-0.39, 0.29) is 12.5 Å². The van der Waals surface area contributed by atoms with Crippen molar-refractivity contribution in [2.45, 2.75) is 13.5 Å². The highest BCUT2D eigenvalue weighted by molar-refractivity contribution is 5.88. The molecule has 0 spiro atoms. The molecule has 0 fully saturated rings.